The molecule has 0 saturated heterocycles. The smallest absolute Gasteiger partial charge is 0.268 e. The van der Waals surface area contributed by atoms with E-state index in [2.05, 4.69) is 10.6 Å². The van der Waals surface area contributed by atoms with Crippen LogP contribution >= 0.6 is 0 Å². The third-order valence-corrected chi connectivity index (χ3v) is 3.90. The summed E-state index contributed by atoms with van der Waals surface area (Å²) < 4.78 is 5.79. The second-order valence-corrected chi connectivity index (χ2v) is 5.93. The summed E-state index contributed by atoms with van der Waals surface area (Å²) >= 11 is 0. The van der Waals surface area contributed by atoms with Crippen molar-refractivity contribution in [3.8, 4) is 11.3 Å². The lowest BCUT2D eigenvalue weighted by molar-refractivity contribution is -0.117. The minimum absolute atomic E-state index is 0.0243. The molecule has 1 heterocycles. The quantitative estimate of drug-likeness (QED) is 0.553. The van der Waals surface area contributed by atoms with Gasteiger partial charge in [0.25, 0.3) is 11.8 Å². The first kappa shape index (κ1) is 19.1. The molecule has 3 rings (SSSR count). The predicted molar refractivity (Wildman–Crippen MR) is 106 cm³/mol. The van der Waals surface area contributed by atoms with E-state index in [1.54, 1.807) is 42.5 Å². The number of hydrogen-bond acceptors (Lipinski definition) is 4. The van der Waals surface area contributed by atoms with Crippen LogP contribution in [0, 0.1) is 0 Å². The van der Waals surface area contributed by atoms with Crippen LogP contribution in [0.4, 0.5) is 0 Å². The Morgan fingerprint density at radius 3 is 2.29 bits per heavy atom. The number of aliphatic hydroxyl groups excluding tert-OH is 1. The third-order valence-electron chi connectivity index (χ3n) is 3.90. The highest BCUT2D eigenvalue weighted by Gasteiger charge is 2.15. The van der Waals surface area contributed by atoms with Gasteiger partial charge in [0.05, 0.1) is 6.61 Å². The maximum atomic E-state index is 12.4. The first-order valence-corrected chi connectivity index (χ1v) is 8.80. The number of nitrogens with one attached hydrogen (secondary N) is 2. The molecule has 3 aromatic rings. The molecule has 0 aliphatic heterocycles. The highest BCUT2D eigenvalue weighted by Crippen LogP contribution is 2.23. The fraction of sp³-hybridized carbons (Fsp3) is 0.0909. The Morgan fingerprint density at radius 2 is 1.61 bits per heavy atom. The second kappa shape index (κ2) is 9.34. The summed E-state index contributed by atoms with van der Waals surface area (Å²) in [5, 5.41) is 14.1. The fourth-order valence-corrected chi connectivity index (χ4v) is 2.54. The topological polar surface area (TPSA) is 91.6 Å². The van der Waals surface area contributed by atoms with E-state index in [-0.39, 0.29) is 18.8 Å². The molecule has 0 spiro atoms. The minimum atomic E-state index is -0.518. The van der Waals surface area contributed by atoms with Crippen molar-refractivity contribution in [3.05, 3.63) is 89.8 Å². The van der Waals surface area contributed by atoms with Gasteiger partial charge < -0.3 is 20.2 Å². The zero-order valence-electron chi connectivity index (χ0n) is 15.1. The maximum Gasteiger partial charge on any atom is 0.268 e. The molecule has 0 unspecified atom stereocenters. The predicted octanol–water partition coefficient (Wildman–Crippen LogP) is 2.83. The SMILES string of the molecule is O=C(NCCO)C(=Cc1ccc(-c2ccccc2)o1)NC(=O)c1ccccc1. The van der Waals surface area contributed by atoms with E-state index in [9.17, 15) is 9.59 Å². The van der Waals surface area contributed by atoms with Crippen molar-refractivity contribution >= 4 is 17.9 Å². The molecule has 0 aliphatic rings. The zero-order chi connectivity index (χ0) is 19.8. The van der Waals surface area contributed by atoms with Crippen molar-refractivity contribution in [1.82, 2.24) is 10.6 Å². The molecule has 2 amide bonds. The van der Waals surface area contributed by atoms with Gasteiger partial charge in [0, 0.05) is 23.7 Å². The molecule has 0 radical (unpaired) electrons. The Balaban J connectivity index is 1.85. The summed E-state index contributed by atoms with van der Waals surface area (Å²) in [5.41, 5.74) is 1.35. The van der Waals surface area contributed by atoms with Gasteiger partial charge in [-0.25, -0.2) is 0 Å². The molecule has 28 heavy (non-hydrogen) atoms. The summed E-state index contributed by atoms with van der Waals surface area (Å²) in [6.45, 7) is -0.130. The Bertz CT molecular complexity index is 962. The van der Waals surface area contributed by atoms with E-state index in [1.165, 1.54) is 6.08 Å². The number of benzene rings is 2. The number of amides is 2. The number of carbonyl (C=O) groups excluding carboxylic acids is 2. The number of furan rings is 1. The summed E-state index contributed by atoms with van der Waals surface area (Å²) in [4.78, 5) is 24.8. The van der Waals surface area contributed by atoms with Crippen molar-refractivity contribution in [3.63, 3.8) is 0 Å². The Hall–Kier alpha value is -3.64. The van der Waals surface area contributed by atoms with E-state index < -0.39 is 11.8 Å². The van der Waals surface area contributed by atoms with Crippen LogP contribution in [0.2, 0.25) is 0 Å². The summed E-state index contributed by atoms with van der Waals surface area (Å²) in [7, 11) is 0. The van der Waals surface area contributed by atoms with Gasteiger partial charge in [0.1, 0.15) is 17.2 Å². The van der Waals surface area contributed by atoms with Gasteiger partial charge in [-0.2, -0.15) is 0 Å². The first-order valence-electron chi connectivity index (χ1n) is 8.80. The van der Waals surface area contributed by atoms with Gasteiger partial charge in [0.2, 0.25) is 0 Å². The molecular weight excluding hydrogens is 356 g/mol. The van der Waals surface area contributed by atoms with Crippen LogP contribution in [0.5, 0.6) is 0 Å². The van der Waals surface area contributed by atoms with Gasteiger partial charge >= 0.3 is 0 Å². The lowest BCUT2D eigenvalue weighted by atomic mass is 10.2. The molecule has 0 saturated carbocycles. The average Bonchev–Trinajstić information content (AvgIpc) is 3.21. The molecule has 2 aromatic carbocycles. The molecule has 0 fully saturated rings. The van der Waals surface area contributed by atoms with E-state index in [0.717, 1.165) is 5.56 Å². The zero-order valence-corrected chi connectivity index (χ0v) is 15.1. The second-order valence-electron chi connectivity index (χ2n) is 5.93. The number of carbonyl (C=O) groups is 2. The van der Waals surface area contributed by atoms with Crippen LogP contribution in [0.1, 0.15) is 16.1 Å². The Kier molecular flexibility index (Phi) is 6.38. The van der Waals surface area contributed by atoms with Crippen LogP contribution < -0.4 is 10.6 Å². The molecule has 1 aromatic heterocycles. The fourth-order valence-electron chi connectivity index (χ4n) is 2.54. The molecule has 0 atom stereocenters. The minimum Gasteiger partial charge on any atom is -0.457 e. The summed E-state index contributed by atoms with van der Waals surface area (Å²) in [5.74, 6) is 0.134. The van der Waals surface area contributed by atoms with Crippen LogP contribution in [0.25, 0.3) is 17.4 Å². The van der Waals surface area contributed by atoms with Crippen LogP contribution in [0.15, 0.2) is 82.9 Å². The van der Waals surface area contributed by atoms with Gasteiger partial charge in [-0.1, -0.05) is 48.5 Å². The lowest BCUT2D eigenvalue weighted by Crippen LogP contribution is -2.36. The van der Waals surface area contributed by atoms with Crippen molar-refractivity contribution in [2.45, 2.75) is 0 Å². The average molecular weight is 376 g/mol. The van der Waals surface area contributed by atoms with E-state index in [1.807, 2.05) is 30.3 Å². The normalized spacial score (nSPS) is 11.1. The molecule has 6 heteroatoms. The molecule has 3 N–H and O–H groups in total. The van der Waals surface area contributed by atoms with Crippen molar-refractivity contribution in [2.24, 2.45) is 0 Å². The van der Waals surface area contributed by atoms with Gasteiger partial charge in [-0.15, -0.1) is 0 Å². The van der Waals surface area contributed by atoms with E-state index >= 15 is 0 Å². The Labute approximate surface area is 162 Å². The van der Waals surface area contributed by atoms with Crippen molar-refractivity contribution in [2.75, 3.05) is 13.2 Å². The van der Waals surface area contributed by atoms with E-state index in [0.29, 0.717) is 17.1 Å². The van der Waals surface area contributed by atoms with Crippen LogP contribution in [-0.4, -0.2) is 30.1 Å². The standard InChI is InChI=1S/C22H20N2O4/c25-14-13-23-22(27)19(24-21(26)17-9-5-2-6-10-17)15-18-11-12-20(28-18)16-7-3-1-4-8-16/h1-12,15,25H,13-14H2,(H,23,27)(H,24,26). The molecule has 6 nitrogen and oxygen atoms in total. The monoisotopic (exact) mass is 376 g/mol. The number of aliphatic hydroxyl groups is 1. The summed E-state index contributed by atoms with van der Waals surface area (Å²) in [6, 6.07) is 21.6. The van der Waals surface area contributed by atoms with Crippen molar-refractivity contribution in [1.29, 1.82) is 0 Å². The van der Waals surface area contributed by atoms with Crippen molar-refractivity contribution < 1.29 is 19.1 Å². The molecular formula is C22H20N2O4. The van der Waals surface area contributed by atoms with Gasteiger partial charge in [-0.05, 0) is 24.3 Å². The number of rotatable bonds is 7. The van der Waals surface area contributed by atoms with Gasteiger partial charge in [-0.3, -0.25) is 9.59 Å². The van der Waals surface area contributed by atoms with Crippen LogP contribution in [0.3, 0.4) is 0 Å². The molecule has 0 bridgehead atoms. The highest BCUT2D eigenvalue weighted by molar-refractivity contribution is 6.05. The number of hydrogen-bond donors (Lipinski definition) is 3. The lowest BCUT2D eigenvalue weighted by Gasteiger charge is -2.10. The Morgan fingerprint density at radius 1 is 0.929 bits per heavy atom. The molecule has 0 aliphatic carbocycles. The first-order chi connectivity index (χ1) is 13.7. The largest absolute Gasteiger partial charge is 0.457 e. The highest BCUT2D eigenvalue weighted by atomic mass is 16.3. The van der Waals surface area contributed by atoms with Gasteiger partial charge in [0.15, 0.2) is 0 Å². The summed E-state index contributed by atoms with van der Waals surface area (Å²) in [6.07, 6.45) is 1.46. The third kappa shape index (κ3) is 4.96. The molecule has 142 valence electrons. The maximum absolute atomic E-state index is 12.4. The van der Waals surface area contributed by atoms with E-state index in [4.69, 9.17) is 9.52 Å². The van der Waals surface area contributed by atoms with Crippen LogP contribution in [-0.2, 0) is 4.79 Å².